The number of carbonyl (C=O) groups excluding carboxylic acids is 1. The highest BCUT2D eigenvalue weighted by Crippen LogP contribution is 2.32. The van der Waals surface area contributed by atoms with Gasteiger partial charge in [0.15, 0.2) is 0 Å². The zero-order valence-electron chi connectivity index (χ0n) is 16.1. The number of nitrogens with zero attached hydrogens (tertiary/aromatic N) is 1. The second kappa shape index (κ2) is 8.54. The maximum Gasteiger partial charge on any atom is 0.267 e. The number of ether oxygens (including phenoxy) is 2. The molecular formula is C20H20N2O5S2. The molecule has 1 aromatic heterocycles. The van der Waals surface area contributed by atoms with E-state index in [2.05, 4.69) is 5.32 Å². The van der Waals surface area contributed by atoms with Crippen molar-refractivity contribution in [3.8, 4) is 11.5 Å². The first-order chi connectivity index (χ1) is 13.9. The quantitative estimate of drug-likeness (QED) is 0.613. The molecule has 0 spiro atoms. The van der Waals surface area contributed by atoms with Crippen molar-refractivity contribution >= 4 is 38.6 Å². The highest BCUT2D eigenvalue weighted by atomic mass is 32.2. The molecule has 0 aliphatic carbocycles. The smallest absolute Gasteiger partial charge is 0.267 e. The van der Waals surface area contributed by atoms with Gasteiger partial charge in [-0.15, -0.1) is 11.3 Å². The fourth-order valence-corrected chi connectivity index (χ4v) is 5.16. The van der Waals surface area contributed by atoms with Crippen LogP contribution in [0.1, 0.15) is 9.67 Å². The zero-order valence-corrected chi connectivity index (χ0v) is 17.7. The third-order valence-corrected chi connectivity index (χ3v) is 7.12. The molecule has 29 heavy (non-hydrogen) atoms. The van der Waals surface area contributed by atoms with Crippen LogP contribution in [0.5, 0.6) is 11.5 Å². The first-order valence-corrected chi connectivity index (χ1v) is 10.8. The molecule has 0 bridgehead atoms. The summed E-state index contributed by atoms with van der Waals surface area (Å²) in [5, 5.41) is 4.29. The molecule has 1 heterocycles. The fraction of sp³-hybridized carbons (Fsp3) is 0.150. The molecule has 152 valence electrons. The average molecular weight is 433 g/mol. The van der Waals surface area contributed by atoms with Crippen LogP contribution in [0, 0.1) is 0 Å². The number of thiophene rings is 1. The Morgan fingerprint density at radius 3 is 2.41 bits per heavy atom. The van der Waals surface area contributed by atoms with Gasteiger partial charge in [0.1, 0.15) is 21.3 Å². The van der Waals surface area contributed by atoms with Crippen LogP contribution < -0.4 is 19.1 Å². The molecule has 7 nitrogen and oxygen atoms in total. The number of sulfonamides is 1. The van der Waals surface area contributed by atoms with Crippen molar-refractivity contribution < 1.29 is 22.7 Å². The lowest BCUT2D eigenvalue weighted by atomic mass is 10.2. The van der Waals surface area contributed by atoms with Gasteiger partial charge in [0.05, 0.1) is 25.6 Å². The van der Waals surface area contributed by atoms with Crippen molar-refractivity contribution in [3.05, 3.63) is 64.9 Å². The topological polar surface area (TPSA) is 84.9 Å². The third-order valence-electron chi connectivity index (χ3n) is 4.25. The molecule has 0 aliphatic heterocycles. The fourth-order valence-electron chi connectivity index (χ4n) is 2.67. The Morgan fingerprint density at radius 2 is 1.76 bits per heavy atom. The summed E-state index contributed by atoms with van der Waals surface area (Å²) in [7, 11) is 0.543. The molecule has 0 saturated carbocycles. The summed E-state index contributed by atoms with van der Waals surface area (Å²) in [5.74, 6) is 0.437. The largest absolute Gasteiger partial charge is 0.497 e. The SMILES string of the molecule is COc1ccc(NC(=O)c2sccc2S(=O)(=O)N(C)c2ccccc2)c(OC)c1. The van der Waals surface area contributed by atoms with Gasteiger partial charge in [-0.25, -0.2) is 8.42 Å². The van der Waals surface area contributed by atoms with E-state index < -0.39 is 15.9 Å². The second-order valence-corrected chi connectivity index (χ2v) is 8.80. The van der Waals surface area contributed by atoms with Crippen molar-refractivity contribution in [2.45, 2.75) is 4.90 Å². The molecule has 0 aliphatic rings. The van der Waals surface area contributed by atoms with Gasteiger partial charge in [-0.05, 0) is 35.7 Å². The highest BCUT2D eigenvalue weighted by Gasteiger charge is 2.28. The van der Waals surface area contributed by atoms with E-state index in [1.54, 1.807) is 53.9 Å². The molecule has 1 amide bonds. The molecule has 3 rings (SSSR count). The molecule has 0 radical (unpaired) electrons. The van der Waals surface area contributed by atoms with E-state index in [-0.39, 0.29) is 9.77 Å². The minimum atomic E-state index is -3.91. The van der Waals surface area contributed by atoms with Crippen molar-refractivity contribution in [2.75, 3.05) is 30.9 Å². The van der Waals surface area contributed by atoms with Crippen LogP contribution >= 0.6 is 11.3 Å². The van der Waals surface area contributed by atoms with Crippen LogP contribution in [0.25, 0.3) is 0 Å². The van der Waals surface area contributed by atoms with Gasteiger partial charge in [0, 0.05) is 13.1 Å². The number of hydrogen-bond acceptors (Lipinski definition) is 6. The second-order valence-electron chi connectivity index (χ2n) is 5.94. The molecule has 0 atom stereocenters. The van der Waals surface area contributed by atoms with Gasteiger partial charge >= 0.3 is 0 Å². The van der Waals surface area contributed by atoms with Crippen LogP contribution in [0.4, 0.5) is 11.4 Å². The Bertz CT molecular complexity index is 1110. The Kier molecular flexibility index (Phi) is 6.09. The molecule has 2 aromatic carbocycles. The number of nitrogens with one attached hydrogen (secondary N) is 1. The summed E-state index contributed by atoms with van der Waals surface area (Å²) < 4.78 is 37.8. The number of rotatable bonds is 7. The maximum atomic E-state index is 13.1. The van der Waals surface area contributed by atoms with E-state index in [0.29, 0.717) is 22.9 Å². The summed E-state index contributed by atoms with van der Waals surface area (Å²) in [6, 6.07) is 15.0. The van der Waals surface area contributed by atoms with Crippen molar-refractivity contribution in [2.24, 2.45) is 0 Å². The predicted octanol–water partition coefficient (Wildman–Crippen LogP) is 3.84. The monoisotopic (exact) mass is 432 g/mol. The number of carbonyl (C=O) groups is 1. The van der Waals surface area contributed by atoms with Crippen LogP contribution in [0.15, 0.2) is 64.9 Å². The van der Waals surface area contributed by atoms with Gasteiger partial charge in [-0.2, -0.15) is 0 Å². The summed E-state index contributed by atoms with van der Waals surface area (Å²) >= 11 is 1.05. The standard InChI is InChI=1S/C20H20N2O5S2/c1-22(14-7-5-4-6-8-14)29(24,25)18-11-12-28-19(18)20(23)21-16-10-9-15(26-2)13-17(16)27-3/h4-13H,1-3H3,(H,21,23). The Hall–Kier alpha value is -3.04. The first-order valence-electron chi connectivity index (χ1n) is 8.53. The number of methoxy groups -OCH3 is 2. The lowest BCUT2D eigenvalue weighted by Gasteiger charge is -2.19. The van der Waals surface area contributed by atoms with Crippen molar-refractivity contribution in [1.82, 2.24) is 0 Å². The van der Waals surface area contributed by atoms with E-state index in [4.69, 9.17) is 9.47 Å². The van der Waals surface area contributed by atoms with Gasteiger partial charge in [-0.1, -0.05) is 18.2 Å². The molecule has 9 heteroatoms. The van der Waals surface area contributed by atoms with Crippen LogP contribution in [-0.2, 0) is 10.0 Å². The molecule has 0 fully saturated rings. The number of hydrogen-bond donors (Lipinski definition) is 1. The van der Waals surface area contributed by atoms with E-state index in [9.17, 15) is 13.2 Å². The number of benzene rings is 2. The molecule has 0 unspecified atom stereocenters. The number of anilines is 2. The average Bonchev–Trinajstić information content (AvgIpc) is 3.25. The summed E-state index contributed by atoms with van der Waals surface area (Å²) in [5.41, 5.74) is 0.911. The summed E-state index contributed by atoms with van der Waals surface area (Å²) in [6.07, 6.45) is 0. The molecule has 0 saturated heterocycles. The van der Waals surface area contributed by atoms with E-state index >= 15 is 0 Å². The minimum absolute atomic E-state index is 0.0566. The Labute approximate surface area is 173 Å². The third kappa shape index (κ3) is 4.20. The number of para-hydroxylation sites is 1. The minimum Gasteiger partial charge on any atom is -0.497 e. The van der Waals surface area contributed by atoms with Crippen molar-refractivity contribution in [1.29, 1.82) is 0 Å². The normalized spacial score (nSPS) is 11.0. The van der Waals surface area contributed by atoms with E-state index in [1.807, 2.05) is 0 Å². The zero-order chi connectivity index (χ0) is 21.0. The van der Waals surface area contributed by atoms with E-state index in [0.717, 1.165) is 15.6 Å². The lowest BCUT2D eigenvalue weighted by molar-refractivity contribution is 0.102. The van der Waals surface area contributed by atoms with Crippen LogP contribution in [0.2, 0.25) is 0 Å². The van der Waals surface area contributed by atoms with Gasteiger partial charge < -0.3 is 14.8 Å². The van der Waals surface area contributed by atoms with E-state index in [1.165, 1.54) is 27.3 Å². The molecular weight excluding hydrogens is 412 g/mol. The summed E-state index contributed by atoms with van der Waals surface area (Å²) in [6.45, 7) is 0. The highest BCUT2D eigenvalue weighted by molar-refractivity contribution is 7.93. The van der Waals surface area contributed by atoms with Crippen LogP contribution in [0.3, 0.4) is 0 Å². The van der Waals surface area contributed by atoms with Crippen LogP contribution in [-0.4, -0.2) is 35.6 Å². The van der Waals surface area contributed by atoms with Crippen molar-refractivity contribution in [3.63, 3.8) is 0 Å². The maximum absolute atomic E-state index is 13.1. The predicted molar refractivity (Wildman–Crippen MR) is 114 cm³/mol. The molecule has 3 aromatic rings. The van der Waals surface area contributed by atoms with Gasteiger partial charge in [0.25, 0.3) is 15.9 Å². The first kappa shape index (κ1) is 20.7. The lowest BCUT2D eigenvalue weighted by Crippen LogP contribution is -2.28. The van der Waals surface area contributed by atoms with Gasteiger partial charge in [0.2, 0.25) is 0 Å². The van der Waals surface area contributed by atoms with Gasteiger partial charge in [-0.3, -0.25) is 9.10 Å². The Balaban J connectivity index is 1.91. The molecule has 1 N–H and O–H groups in total. The summed E-state index contributed by atoms with van der Waals surface area (Å²) in [4.78, 5) is 12.9. The number of amides is 1. The Morgan fingerprint density at radius 1 is 1.03 bits per heavy atom.